The number of rotatable bonds is 3. The molecule has 7 nitrogen and oxygen atoms in total. The number of amides is 2. The van der Waals surface area contributed by atoms with Crippen LogP contribution in [-0.2, 0) is 4.79 Å². The lowest BCUT2D eigenvalue weighted by Crippen LogP contribution is -2.57. The van der Waals surface area contributed by atoms with Crippen molar-refractivity contribution in [2.45, 2.75) is 38.1 Å². The molecule has 1 aromatic heterocycles. The summed E-state index contributed by atoms with van der Waals surface area (Å²) in [5.74, 6) is 1.04. The molecular weight excluding hydrogens is 246 g/mol. The van der Waals surface area contributed by atoms with E-state index in [1.165, 1.54) is 0 Å². The lowest BCUT2D eigenvalue weighted by Gasteiger charge is -2.33. The average Bonchev–Trinajstić information content (AvgIpc) is 3.15. The van der Waals surface area contributed by atoms with E-state index in [9.17, 15) is 9.59 Å². The number of nitrogens with zero attached hydrogens (tertiary/aromatic N) is 3. The lowest BCUT2D eigenvalue weighted by atomic mass is 10.1. The zero-order valence-corrected chi connectivity index (χ0v) is 10.8. The van der Waals surface area contributed by atoms with Gasteiger partial charge in [0.25, 0.3) is 5.91 Å². The first-order chi connectivity index (χ1) is 9.20. The molecule has 3 rings (SSSR count). The first-order valence-corrected chi connectivity index (χ1v) is 6.71. The van der Waals surface area contributed by atoms with Crippen LogP contribution in [0.5, 0.6) is 0 Å². The molecule has 0 radical (unpaired) electrons. The molecule has 0 spiro atoms. The van der Waals surface area contributed by atoms with Crippen molar-refractivity contribution in [3.05, 3.63) is 11.6 Å². The Bertz CT molecular complexity index is 508. The Kier molecular flexibility index (Phi) is 2.96. The van der Waals surface area contributed by atoms with Crippen LogP contribution >= 0.6 is 0 Å². The second-order valence-electron chi connectivity index (χ2n) is 5.03. The highest BCUT2D eigenvalue weighted by atomic mass is 16.2. The van der Waals surface area contributed by atoms with Gasteiger partial charge in [0.2, 0.25) is 11.7 Å². The number of carbonyl (C=O) groups excluding carboxylic acids is 2. The number of hydrogen-bond acceptors (Lipinski definition) is 4. The van der Waals surface area contributed by atoms with Gasteiger partial charge in [0.05, 0.1) is 0 Å². The van der Waals surface area contributed by atoms with Gasteiger partial charge in [-0.1, -0.05) is 6.92 Å². The highest BCUT2D eigenvalue weighted by Gasteiger charge is 2.35. The minimum absolute atomic E-state index is 0.0972. The van der Waals surface area contributed by atoms with Crippen molar-refractivity contribution in [2.24, 2.45) is 0 Å². The topological polar surface area (TPSA) is 91.0 Å². The Labute approximate surface area is 110 Å². The second-order valence-corrected chi connectivity index (χ2v) is 5.03. The van der Waals surface area contributed by atoms with Crippen LogP contribution in [0.3, 0.4) is 0 Å². The van der Waals surface area contributed by atoms with Crippen molar-refractivity contribution in [1.29, 1.82) is 0 Å². The number of aromatic amines is 1. The van der Waals surface area contributed by atoms with Crippen molar-refractivity contribution in [2.75, 3.05) is 13.1 Å². The molecule has 19 heavy (non-hydrogen) atoms. The van der Waals surface area contributed by atoms with Gasteiger partial charge in [-0.25, -0.2) is 4.98 Å². The molecule has 7 heteroatoms. The van der Waals surface area contributed by atoms with Gasteiger partial charge in [-0.3, -0.25) is 14.7 Å². The van der Waals surface area contributed by atoms with Crippen LogP contribution in [0.1, 0.15) is 48.5 Å². The van der Waals surface area contributed by atoms with E-state index in [0.29, 0.717) is 25.4 Å². The highest BCUT2D eigenvalue weighted by Crippen LogP contribution is 2.37. The molecule has 2 amide bonds. The number of hydrogen-bond donors (Lipinski definition) is 2. The van der Waals surface area contributed by atoms with E-state index in [0.717, 1.165) is 18.7 Å². The summed E-state index contributed by atoms with van der Waals surface area (Å²) in [6, 6.07) is -0.413. The van der Waals surface area contributed by atoms with Crippen LogP contribution in [0, 0.1) is 0 Å². The molecule has 2 aliphatic rings. The zero-order valence-electron chi connectivity index (χ0n) is 10.8. The Morgan fingerprint density at radius 1 is 1.47 bits per heavy atom. The summed E-state index contributed by atoms with van der Waals surface area (Å²) in [6.07, 6.45) is 2.80. The fraction of sp³-hybridized carbons (Fsp3) is 0.667. The predicted octanol–water partition coefficient (Wildman–Crippen LogP) is 0.0327. The summed E-state index contributed by atoms with van der Waals surface area (Å²) in [5.41, 5.74) is 0. The molecule has 0 bridgehead atoms. The minimum atomic E-state index is -0.413. The summed E-state index contributed by atoms with van der Waals surface area (Å²) in [7, 11) is 0. The highest BCUT2D eigenvalue weighted by molar-refractivity contribution is 5.95. The van der Waals surface area contributed by atoms with Crippen LogP contribution in [-0.4, -0.2) is 51.0 Å². The summed E-state index contributed by atoms with van der Waals surface area (Å²) >= 11 is 0. The van der Waals surface area contributed by atoms with Gasteiger partial charge in [0, 0.05) is 19.0 Å². The van der Waals surface area contributed by atoms with E-state index < -0.39 is 6.04 Å². The minimum Gasteiger partial charge on any atom is -0.353 e. The van der Waals surface area contributed by atoms with E-state index in [2.05, 4.69) is 20.5 Å². The standard InChI is InChI=1S/C12H17N5O2/c1-2-8-11(18)13-5-6-17(8)12(19)10-14-9(15-16-10)7-3-4-7/h7-8H,2-6H2,1H3,(H,13,18)(H,14,15,16). The molecule has 2 heterocycles. The zero-order chi connectivity index (χ0) is 13.4. The molecule has 2 N–H and O–H groups in total. The van der Waals surface area contributed by atoms with Crippen molar-refractivity contribution in [3.63, 3.8) is 0 Å². The molecule has 0 aromatic carbocycles. The molecule has 1 saturated carbocycles. The van der Waals surface area contributed by atoms with Crippen molar-refractivity contribution < 1.29 is 9.59 Å². The van der Waals surface area contributed by atoms with Gasteiger partial charge in [-0.2, -0.15) is 0 Å². The molecule has 2 fully saturated rings. The van der Waals surface area contributed by atoms with E-state index in [1.807, 2.05) is 6.92 Å². The summed E-state index contributed by atoms with van der Waals surface area (Å²) in [4.78, 5) is 29.9. The molecule has 1 atom stereocenters. The van der Waals surface area contributed by atoms with E-state index in [1.54, 1.807) is 4.90 Å². The fourth-order valence-electron chi connectivity index (χ4n) is 2.40. The van der Waals surface area contributed by atoms with Crippen molar-refractivity contribution in [1.82, 2.24) is 25.4 Å². The SMILES string of the molecule is CCC1C(=O)NCCN1C(=O)c1n[nH]c(C2CC2)n1. The Morgan fingerprint density at radius 3 is 2.95 bits per heavy atom. The quantitative estimate of drug-likeness (QED) is 0.805. The van der Waals surface area contributed by atoms with Crippen LogP contribution in [0.25, 0.3) is 0 Å². The van der Waals surface area contributed by atoms with E-state index in [-0.39, 0.29) is 17.6 Å². The number of H-pyrrole nitrogens is 1. The molecule has 102 valence electrons. The Morgan fingerprint density at radius 2 is 2.26 bits per heavy atom. The first-order valence-electron chi connectivity index (χ1n) is 6.71. The monoisotopic (exact) mass is 263 g/mol. The smallest absolute Gasteiger partial charge is 0.294 e. The molecule has 1 aliphatic heterocycles. The normalized spacial score (nSPS) is 23.3. The molecule has 1 aromatic rings. The summed E-state index contributed by atoms with van der Waals surface area (Å²) < 4.78 is 0. The Hall–Kier alpha value is -1.92. The molecular formula is C12H17N5O2. The van der Waals surface area contributed by atoms with Gasteiger partial charge >= 0.3 is 0 Å². The third-order valence-corrected chi connectivity index (χ3v) is 3.64. The lowest BCUT2D eigenvalue weighted by molar-refractivity contribution is -0.127. The van der Waals surface area contributed by atoms with Crippen LogP contribution in [0.2, 0.25) is 0 Å². The van der Waals surface area contributed by atoms with E-state index in [4.69, 9.17) is 0 Å². The summed E-state index contributed by atoms with van der Waals surface area (Å²) in [6.45, 7) is 2.89. The van der Waals surface area contributed by atoms with Gasteiger partial charge in [0.1, 0.15) is 11.9 Å². The van der Waals surface area contributed by atoms with Gasteiger partial charge < -0.3 is 10.2 Å². The maximum absolute atomic E-state index is 12.4. The third kappa shape index (κ3) is 2.20. The largest absolute Gasteiger partial charge is 0.353 e. The number of nitrogens with one attached hydrogen (secondary N) is 2. The first kappa shape index (κ1) is 12.1. The molecule has 1 saturated heterocycles. The van der Waals surface area contributed by atoms with Crippen LogP contribution < -0.4 is 5.32 Å². The van der Waals surface area contributed by atoms with Gasteiger partial charge in [0.15, 0.2) is 0 Å². The number of piperazine rings is 1. The van der Waals surface area contributed by atoms with E-state index >= 15 is 0 Å². The number of carbonyl (C=O) groups is 2. The maximum atomic E-state index is 12.4. The predicted molar refractivity (Wildman–Crippen MR) is 66.5 cm³/mol. The number of aromatic nitrogens is 3. The summed E-state index contributed by atoms with van der Waals surface area (Å²) in [5, 5.41) is 9.58. The van der Waals surface area contributed by atoms with Gasteiger partial charge in [-0.15, -0.1) is 5.10 Å². The third-order valence-electron chi connectivity index (χ3n) is 3.64. The Balaban J connectivity index is 1.78. The molecule has 1 aliphatic carbocycles. The fourth-order valence-corrected chi connectivity index (χ4v) is 2.40. The maximum Gasteiger partial charge on any atom is 0.294 e. The van der Waals surface area contributed by atoms with Crippen molar-refractivity contribution in [3.8, 4) is 0 Å². The average molecular weight is 263 g/mol. The van der Waals surface area contributed by atoms with Crippen LogP contribution in [0.15, 0.2) is 0 Å². The van der Waals surface area contributed by atoms with Gasteiger partial charge in [-0.05, 0) is 19.3 Å². The molecule has 1 unspecified atom stereocenters. The van der Waals surface area contributed by atoms with Crippen molar-refractivity contribution >= 4 is 11.8 Å². The van der Waals surface area contributed by atoms with Crippen LogP contribution in [0.4, 0.5) is 0 Å². The second kappa shape index (κ2) is 4.64.